The number of rotatable bonds is 2. The molecule has 0 spiro atoms. The molecule has 0 aliphatic carbocycles. The van der Waals surface area contributed by atoms with Crippen LogP contribution in [0.15, 0.2) is 12.7 Å². The molecule has 4 heterocycles. The number of hydrogen-bond acceptors (Lipinski definition) is 8. The van der Waals surface area contributed by atoms with Gasteiger partial charge in [-0.3, -0.25) is 4.57 Å². The van der Waals surface area contributed by atoms with Crippen molar-refractivity contribution in [3.05, 3.63) is 12.7 Å². The average Bonchev–Trinajstić information content (AvgIpc) is 3.07. The van der Waals surface area contributed by atoms with Gasteiger partial charge in [0, 0.05) is 5.92 Å². The zero-order chi connectivity index (χ0) is 16.2. The predicted octanol–water partition coefficient (Wildman–Crippen LogP) is 0.0659. The Labute approximate surface area is 132 Å². The minimum Gasteiger partial charge on any atom is -0.396 e. The molecule has 0 bridgehead atoms. The van der Waals surface area contributed by atoms with Crippen LogP contribution in [0.5, 0.6) is 0 Å². The van der Waals surface area contributed by atoms with Crippen LogP contribution in [0, 0.1) is 5.92 Å². The minimum atomic E-state index is -0.737. The van der Waals surface area contributed by atoms with Crippen LogP contribution in [0.4, 0.5) is 5.82 Å². The summed E-state index contributed by atoms with van der Waals surface area (Å²) in [6.07, 6.45) is 1.92. The summed E-state index contributed by atoms with van der Waals surface area (Å²) in [5.74, 6) is -0.551. The third-order valence-corrected chi connectivity index (χ3v) is 4.29. The lowest BCUT2D eigenvalue weighted by Crippen LogP contribution is -2.47. The molecule has 0 radical (unpaired) electrons. The molecule has 23 heavy (non-hydrogen) atoms. The number of ether oxygens (including phenoxy) is 3. The van der Waals surface area contributed by atoms with E-state index in [9.17, 15) is 5.11 Å². The topological polar surface area (TPSA) is 118 Å². The number of aliphatic hydroxyl groups excluding tert-OH is 1. The largest absolute Gasteiger partial charge is 0.396 e. The highest BCUT2D eigenvalue weighted by atomic mass is 16.8. The lowest BCUT2D eigenvalue weighted by atomic mass is 9.95. The van der Waals surface area contributed by atoms with Crippen LogP contribution in [-0.4, -0.2) is 55.8 Å². The Morgan fingerprint density at radius 2 is 2.09 bits per heavy atom. The van der Waals surface area contributed by atoms with Gasteiger partial charge in [0.05, 0.1) is 25.6 Å². The van der Waals surface area contributed by atoms with Gasteiger partial charge in [0.25, 0.3) is 0 Å². The fourth-order valence-corrected chi connectivity index (χ4v) is 3.27. The fourth-order valence-electron chi connectivity index (χ4n) is 3.27. The molecular formula is C14H19N5O4. The zero-order valence-corrected chi connectivity index (χ0v) is 12.9. The molecule has 124 valence electrons. The quantitative estimate of drug-likeness (QED) is 0.797. The number of nitrogen functional groups attached to an aromatic ring is 1. The SMILES string of the molecule is CC1(C)OC2C(O1)[C@H](CO)COC2n1cnc2c(N)ncnc21. The van der Waals surface area contributed by atoms with Gasteiger partial charge in [-0.1, -0.05) is 0 Å². The Morgan fingerprint density at radius 1 is 1.30 bits per heavy atom. The number of hydrogen-bond donors (Lipinski definition) is 2. The summed E-state index contributed by atoms with van der Waals surface area (Å²) >= 11 is 0. The number of nitrogens with two attached hydrogens (primary N) is 1. The predicted molar refractivity (Wildman–Crippen MR) is 79.1 cm³/mol. The first-order valence-electron chi connectivity index (χ1n) is 7.51. The van der Waals surface area contributed by atoms with Crippen molar-refractivity contribution in [2.45, 2.75) is 38.1 Å². The van der Waals surface area contributed by atoms with Gasteiger partial charge in [-0.15, -0.1) is 0 Å². The molecule has 2 aliphatic heterocycles. The lowest BCUT2D eigenvalue weighted by Gasteiger charge is -2.36. The van der Waals surface area contributed by atoms with Crippen molar-refractivity contribution in [2.24, 2.45) is 5.92 Å². The summed E-state index contributed by atoms with van der Waals surface area (Å²) in [6.45, 7) is 4.04. The molecule has 3 unspecified atom stereocenters. The number of aromatic nitrogens is 4. The molecule has 4 atom stereocenters. The van der Waals surface area contributed by atoms with E-state index in [1.165, 1.54) is 6.33 Å². The van der Waals surface area contributed by atoms with Gasteiger partial charge in [-0.25, -0.2) is 15.0 Å². The van der Waals surface area contributed by atoms with Crippen LogP contribution in [0.25, 0.3) is 11.2 Å². The fraction of sp³-hybridized carbons (Fsp3) is 0.643. The van der Waals surface area contributed by atoms with Gasteiger partial charge in [0.1, 0.15) is 17.9 Å². The molecule has 0 aromatic carbocycles. The second kappa shape index (κ2) is 5.10. The molecule has 2 aliphatic rings. The van der Waals surface area contributed by atoms with E-state index in [0.29, 0.717) is 23.6 Å². The van der Waals surface area contributed by atoms with E-state index in [0.717, 1.165) is 0 Å². The van der Waals surface area contributed by atoms with Crippen molar-refractivity contribution in [3.63, 3.8) is 0 Å². The van der Waals surface area contributed by atoms with Crippen LogP contribution >= 0.6 is 0 Å². The molecule has 2 aromatic rings. The van der Waals surface area contributed by atoms with E-state index in [1.54, 1.807) is 10.9 Å². The molecule has 2 fully saturated rings. The van der Waals surface area contributed by atoms with Gasteiger partial charge in [-0.2, -0.15) is 0 Å². The van der Waals surface area contributed by atoms with Gasteiger partial charge >= 0.3 is 0 Å². The van der Waals surface area contributed by atoms with Crippen LogP contribution in [0.2, 0.25) is 0 Å². The average molecular weight is 321 g/mol. The smallest absolute Gasteiger partial charge is 0.167 e. The number of fused-ring (bicyclic) bond motifs is 2. The molecule has 0 amide bonds. The number of nitrogens with zero attached hydrogens (tertiary/aromatic N) is 4. The summed E-state index contributed by atoms with van der Waals surface area (Å²) < 4.78 is 19.7. The highest BCUT2D eigenvalue weighted by Crippen LogP contribution is 2.42. The third kappa shape index (κ3) is 2.27. The number of imidazole rings is 1. The summed E-state index contributed by atoms with van der Waals surface area (Å²) in [6, 6.07) is 0. The molecule has 3 N–H and O–H groups in total. The van der Waals surface area contributed by atoms with E-state index in [-0.39, 0.29) is 24.7 Å². The van der Waals surface area contributed by atoms with Crippen molar-refractivity contribution in [3.8, 4) is 0 Å². The Hall–Kier alpha value is -1.81. The summed E-state index contributed by atoms with van der Waals surface area (Å²) in [7, 11) is 0. The first-order valence-corrected chi connectivity index (χ1v) is 7.51. The van der Waals surface area contributed by atoms with E-state index in [4.69, 9.17) is 19.9 Å². The van der Waals surface area contributed by atoms with Crippen LogP contribution < -0.4 is 5.73 Å². The maximum absolute atomic E-state index is 9.56. The van der Waals surface area contributed by atoms with E-state index >= 15 is 0 Å². The van der Waals surface area contributed by atoms with Crippen LogP contribution in [0.1, 0.15) is 20.1 Å². The van der Waals surface area contributed by atoms with Crippen molar-refractivity contribution in [1.29, 1.82) is 0 Å². The van der Waals surface area contributed by atoms with E-state index in [1.807, 2.05) is 13.8 Å². The van der Waals surface area contributed by atoms with Crippen LogP contribution in [0.3, 0.4) is 0 Å². The third-order valence-electron chi connectivity index (χ3n) is 4.29. The van der Waals surface area contributed by atoms with Crippen molar-refractivity contribution >= 4 is 17.0 Å². The zero-order valence-electron chi connectivity index (χ0n) is 12.9. The molecular weight excluding hydrogens is 302 g/mol. The molecule has 0 saturated carbocycles. The van der Waals surface area contributed by atoms with Crippen molar-refractivity contribution < 1.29 is 19.3 Å². The number of aliphatic hydroxyl groups is 1. The lowest BCUT2D eigenvalue weighted by molar-refractivity contribution is -0.168. The summed E-state index contributed by atoms with van der Waals surface area (Å²) in [4.78, 5) is 12.5. The molecule has 2 saturated heterocycles. The van der Waals surface area contributed by atoms with Gasteiger partial charge in [-0.05, 0) is 13.8 Å². The van der Waals surface area contributed by atoms with Crippen molar-refractivity contribution in [1.82, 2.24) is 19.5 Å². The first-order chi connectivity index (χ1) is 11.0. The number of anilines is 1. The van der Waals surface area contributed by atoms with Gasteiger partial charge < -0.3 is 25.1 Å². The highest BCUT2D eigenvalue weighted by Gasteiger charge is 2.52. The Bertz CT molecular complexity index is 733. The maximum Gasteiger partial charge on any atom is 0.167 e. The van der Waals surface area contributed by atoms with Gasteiger partial charge in [0.15, 0.2) is 23.5 Å². The standard InChI is InChI=1S/C14H19N5O4/c1-14(2)22-9-7(3-20)4-21-13(10(9)23-14)19-6-18-8-11(15)16-5-17-12(8)19/h5-7,9-10,13,20H,3-4H2,1-2H3,(H2,15,16,17)/t7-,9?,10?,13?/m1/s1. The normalized spacial score (nSPS) is 33.0. The Kier molecular flexibility index (Phi) is 3.27. The Balaban J connectivity index is 1.75. The maximum atomic E-state index is 9.56. The van der Waals surface area contributed by atoms with E-state index < -0.39 is 12.0 Å². The monoisotopic (exact) mass is 321 g/mol. The first kappa shape index (κ1) is 14.8. The minimum absolute atomic E-state index is 0.0207. The highest BCUT2D eigenvalue weighted by molar-refractivity contribution is 5.81. The Morgan fingerprint density at radius 3 is 2.87 bits per heavy atom. The second-order valence-corrected chi connectivity index (χ2v) is 6.31. The molecule has 9 heteroatoms. The molecule has 4 rings (SSSR count). The van der Waals surface area contributed by atoms with E-state index in [2.05, 4.69) is 15.0 Å². The van der Waals surface area contributed by atoms with Crippen LogP contribution in [-0.2, 0) is 14.2 Å². The summed E-state index contributed by atoms with van der Waals surface area (Å²) in [5, 5.41) is 9.56. The van der Waals surface area contributed by atoms with Crippen molar-refractivity contribution in [2.75, 3.05) is 18.9 Å². The second-order valence-electron chi connectivity index (χ2n) is 6.31. The molecule has 9 nitrogen and oxygen atoms in total. The molecule has 2 aromatic heterocycles. The van der Waals surface area contributed by atoms with Gasteiger partial charge in [0.2, 0.25) is 0 Å². The summed E-state index contributed by atoms with van der Waals surface area (Å²) in [5.41, 5.74) is 6.94.